The van der Waals surface area contributed by atoms with Crippen LogP contribution in [-0.2, 0) is 9.59 Å². The lowest BCUT2D eigenvalue weighted by Gasteiger charge is -2.20. The largest absolute Gasteiger partial charge is 0.274 e. The lowest BCUT2D eigenvalue weighted by atomic mass is 9.84. The van der Waals surface area contributed by atoms with E-state index in [1.54, 1.807) is 6.07 Å². The van der Waals surface area contributed by atoms with Crippen molar-refractivity contribution < 1.29 is 14.5 Å². The van der Waals surface area contributed by atoms with Gasteiger partial charge in [-0.2, -0.15) is 0 Å². The number of non-ortho nitro benzene ring substituents is 1. The summed E-state index contributed by atoms with van der Waals surface area (Å²) in [6.45, 7) is 0. The number of rotatable bonds is 2. The van der Waals surface area contributed by atoms with Crippen molar-refractivity contribution in [2.75, 3.05) is 4.90 Å². The van der Waals surface area contributed by atoms with Gasteiger partial charge in [-0.3, -0.25) is 19.7 Å². The van der Waals surface area contributed by atoms with Crippen LogP contribution in [0.25, 0.3) is 0 Å². The van der Waals surface area contributed by atoms with Crippen molar-refractivity contribution in [2.24, 2.45) is 5.41 Å². The predicted octanol–water partition coefficient (Wildman–Crippen LogP) is 2.42. The van der Waals surface area contributed by atoms with Crippen LogP contribution in [0.3, 0.4) is 0 Å². The van der Waals surface area contributed by atoms with Crippen LogP contribution >= 0.6 is 0 Å². The fourth-order valence-electron chi connectivity index (χ4n) is 3.24. The standard InChI is InChI=1S/C14H14N2O4/c17-12-9-14(6-1-2-7-14)13(18)15(12)10-4-3-5-11(8-10)16(19)20/h3-5,8H,1-2,6-7,9H2. The summed E-state index contributed by atoms with van der Waals surface area (Å²) in [5.41, 5.74) is -0.365. The molecule has 1 aromatic carbocycles. The molecule has 1 saturated carbocycles. The minimum Gasteiger partial charge on any atom is -0.274 e. The Morgan fingerprint density at radius 3 is 2.55 bits per heavy atom. The first-order valence-electron chi connectivity index (χ1n) is 6.65. The van der Waals surface area contributed by atoms with Crippen molar-refractivity contribution in [1.29, 1.82) is 0 Å². The molecule has 6 heteroatoms. The highest BCUT2D eigenvalue weighted by atomic mass is 16.6. The SMILES string of the molecule is O=C1CC2(CCCC2)C(=O)N1c1cccc([N+](=O)[O-])c1. The third kappa shape index (κ3) is 1.79. The van der Waals surface area contributed by atoms with Gasteiger partial charge in [-0.05, 0) is 18.9 Å². The Hall–Kier alpha value is -2.24. The van der Waals surface area contributed by atoms with Gasteiger partial charge >= 0.3 is 0 Å². The van der Waals surface area contributed by atoms with Gasteiger partial charge in [0, 0.05) is 18.6 Å². The molecule has 20 heavy (non-hydrogen) atoms. The van der Waals surface area contributed by atoms with E-state index in [1.165, 1.54) is 18.2 Å². The Bertz CT molecular complexity index is 605. The van der Waals surface area contributed by atoms with Crippen molar-refractivity contribution in [3.63, 3.8) is 0 Å². The molecule has 0 aromatic heterocycles. The molecule has 2 aliphatic rings. The highest BCUT2D eigenvalue weighted by molar-refractivity contribution is 6.22. The zero-order valence-corrected chi connectivity index (χ0v) is 10.9. The van der Waals surface area contributed by atoms with E-state index in [9.17, 15) is 19.7 Å². The fraction of sp³-hybridized carbons (Fsp3) is 0.429. The van der Waals surface area contributed by atoms with E-state index in [0.717, 1.165) is 30.6 Å². The van der Waals surface area contributed by atoms with E-state index in [-0.39, 0.29) is 23.9 Å². The van der Waals surface area contributed by atoms with Crippen LogP contribution in [0.4, 0.5) is 11.4 Å². The van der Waals surface area contributed by atoms with Crippen LogP contribution in [0.15, 0.2) is 24.3 Å². The Kier molecular flexibility index (Phi) is 2.81. The molecule has 3 rings (SSSR count). The maximum Gasteiger partial charge on any atom is 0.271 e. The van der Waals surface area contributed by atoms with E-state index < -0.39 is 10.3 Å². The van der Waals surface area contributed by atoms with Crippen molar-refractivity contribution >= 4 is 23.2 Å². The van der Waals surface area contributed by atoms with Crippen molar-refractivity contribution in [1.82, 2.24) is 0 Å². The number of nitro groups is 1. The van der Waals surface area contributed by atoms with Gasteiger partial charge < -0.3 is 0 Å². The summed E-state index contributed by atoms with van der Waals surface area (Å²) >= 11 is 0. The maximum atomic E-state index is 12.6. The fourth-order valence-corrected chi connectivity index (χ4v) is 3.24. The van der Waals surface area contributed by atoms with Crippen LogP contribution in [0, 0.1) is 15.5 Å². The minimum atomic E-state index is -0.554. The van der Waals surface area contributed by atoms with Crippen LogP contribution in [0.5, 0.6) is 0 Å². The average Bonchev–Trinajstić information content (AvgIpc) is 2.97. The number of nitrogens with zero attached hydrogens (tertiary/aromatic N) is 2. The van der Waals surface area contributed by atoms with Crippen molar-refractivity contribution in [2.45, 2.75) is 32.1 Å². The smallest absolute Gasteiger partial charge is 0.271 e. The van der Waals surface area contributed by atoms with Crippen LogP contribution in [-0.4, -0.2) is 16.7 Å². The summed E-state index contributed by atoms with van der Waals surface area (Å²) in [6, 6.07) is 5.69. The lowest BCUT2D eigenvalue weighted by Crippen LogP contribution is -2.34. The number of hydrogen-bond donors (Lipinski definition) is 0. The molecule has 1 aliphatic heterocycles. The Labute approximate surface area is 115 Å². The molecule has 1 heterocycles. The van der Waals surface area contributed by atoms with Crippen molar-refractivity contribution in [3.05, 3.63) is 34.4 Å². The van der Waals surface area contributed by atoms with E-state index in [0.29, 0.717) is 5.69 Å². The maximum absolute atomic E-state index is 12.6. The van der Waals surface area contributed by atoms with Gasteiger partial charge in [-0.15, -0.1) is 0 Å². The summed E-state index contributed by atoms with van der Waals surface area (Å²) in [5, 5.41) is 10.8. The quantitative estimate of drug-likeness (QED) is 0.471. The molecule has 0 bridgehead atoms. The summed E-state index contributed by atoms with van der Waals surface area (Å²) in [6.07, 6.45) is 3.63. The molecular formula is C14H14N2O4. The van der Waals surface area contributed by atoms with Crippen molar-refractivity contribution in [3.8, 4) is 0 Å². The monoisotopic (exact) mass is 274 g/mol. The number of nitro benzene ring substituents is 1. The Balaban J connectivity index is 1.98. The minimum absolute atomic E-state index is 0.115. The second-order valence-electron chi connectivity index (χ2n) is 5.48. The molecule has 6 nitrogen and oxygen atoms in total. The second kappa shape index (κ2) is 4.40. The van der Waals surface area contributed by atoms with E-state index in [2.05, 4.69) is 0 Å². The van der Waals surface area contributed by atoms with Gasteiger partial charge in [0.25, 0.3) is 5.69 Å². The molecule has 1 saturated heterocycles. The lowest BCUT2D eigenvalue weighted by molar-refractivity contribution is -0.384. The topological polar surface area (TPSA) is 80.5 Å². The predicted molar refractivity (Wildman–Crippen MR) is 71.1 cm³/mol. The number of hydrogen-bond acceptors (Lipinski definition) is 4. The van der Waals surface area contributed by atoms with Gasteiger partial charge in [0.05, 0.1) is 16.0 Å². The molecular weight excluding hydrogens is 260 g/mol. The van der Waals surface area contributed by atoms with Gasteiger partial charge in [-0.25, -0.2) is 4.90 Å². The molecule has 0 radical (unpaired) electrons. The molecule has 2 amide bonds. The molecule has 0 N–H and O–H groups in total. The molecule has 1 aromatic rings. The first-order valence-corrected chi connectivity index (χ1v) is 6.65. The first kappa shape index (κ1) is 12.8. The van der Waals surface area contributed by atoms with Gasteiger partial charge in [0.1, 0.15) is 0 Å². The number of carbonyl (C=O) groups is 2. The van der Waals surface area contributed by atoms with E-state index >= 15 is 0 Å². The number of benzene rings is 1. The van der Waals surface area contributed by atoms with Gasteiger partial charge in [0.15, 0.2) is 0 Å². The van der Waals surface area contributed by atoms with Crippen LogP contribution < -0.4 is 4.90 Å². The zero-order chi connectivity index (χ0) is 14.3. The summed E-state index contributed by atoms with van der Waals surface area (Å²) < 4.78 is 0. The molecule has 2 fully saturated rings. The number of imide groups is 1. The molecule has 1 aliphatic carbocycles. The summed E-state index contributed by atoms with van der Waals surface area (Å²) in [7, 11) is 0. The van der Waals surface area contributed by atoms with E-state index in [1.807, 2.05) is 0 Å². The van der Waals surface area contributed by atoms with Crippen LogP contribution in [0.2, 0.25) is 0 Å². The molecule has 104 valence electrons. The molecule has 0 atom stereocenters. The molecule has 1 spiro atoms. The average molecular weight is 274 g/mol. The number of anilines is 1. The third-order valence-electron chi connectivity index (χ3n) is 4.26. The Morgan fingerprint density at radius 1 is 1.20 bits per heavy atom. The van der Waals surface area contributed by atoms with Gasteiger partial charge in [0.2, 0.25) is 11.8 Å². The highest BCUT2D eigenvalue weighted by Crippen LogP contribution is 2.48. The molecule has 0 unspecified atom stereocenters. The third-order valence-corrected chi connectivity index (χ3v) is 4.26. The Morgan fingerprint density at radius 2 is 1.90 bits per heavy atom. The second-order valence-corrected chi connectivity index (χ2v) is 5.48. The normalized spacial score (nSPS) is 20.9. The van der Waals surface area contributed by atoms with E-state index in [4.69, 9.17) is 0 Å². The number of amides is 2. The summed E-state index contributed by atoms with van der Waals surface area (Å²) in [4.78, 5) is 36.1. The number of carbonyl (C=O) groups excluding carboxylic acids is 2. The first-order chi connectivity index (χ1) is 9.53. The highest BCUT2D eigenvalue weighted by Gasteiger charge is 2.53. The van der Waals surface area contributed by atoms with Gasteiger partial charge in [-0.1, -0.05) is 18.9 Å². The zero-order valence-electron chi connectivity index (χ0n) is 10.9. The summed E-state index contributed by atoms with van der Waals surface area (Å²) in [5.74, 6) is -0.446. The van der Waals surface area contributed by atoms with Crippen LogP contribution in [0.1, 0.15) is 32.1 Å².